The van der Waals surface area contributed by atoms with Crippen molar-refractivity contribution >= 4 is 17.7 Å². The molecule has 32 heavy (non-hydrogen) atoms. The average Bonchev–Trinajstić information content (AvgIpc) is 3.26. The van der Waals surface area contributed by atoms with Gasteiger partial charge in [-0.15, -0.1) is 0 Å². The van der Waals surface area contributed by atoms with Crippen molar-refractivity contribution in [3.8, 4) is 11.5 Å². The number of likely N-dealkylation sites (tertiary alicyclic amines) is 1. The van der Waals surface area contributed by atoms with E-state index in [1.165, 1.54) is 0 Å². The first-order valence-electron chi connectivity index (χ1n) is 10.8. The second kappa shape index (κ2) is 9.54. The van der Waals surface area contributed by atoms with E-state index in [0.717, 1.165) is 12.8 Å². The number of carbonyl (C=O) groups is 2. The van der Waals surface area contributed by atoms with Crippen LogP contribution in [-0.2, 0) is 4.74 Å². The quantitative estimate of drug-likeness (QED) is 0.687. The van der Waals surface area contributed by atoms with Gasteiger partial charge in [0.25, 0.3) is 5.91 Å². The van der Waals surface area contributed by atoms with Gasteiger partial charge in [0.2, 0.25) is 0 Å². The van der Waals surface area contributed by atoms with E-state index in [2.05, 4.69) is 0 Å². The van der Waals surface area contributed by atoms with E-state index in [4.69, 9.17) is 14.2 Å². The molecule has 0 saturated carbocycles. The fourth-order valence-electron chi connectivity index (χ4n) is 3.87. The molecule has 0 aliphatic carbocycles. The molecule has 0 radical (unpaired) electrons. The van der Waals surface area contributed by atoms with Crippen molar-refractivity contribution in [1.29, 1.82) is 0 Å². The van der Waals surface area contributed by atoms with E-state index in [9.17, 15) is 9.59 Å². The summed E-state index contributed by atoms with van der Waals surface area (Å²) in [5.74, 6) is 1.06. The number of aromatic nitrogens is 1. The number of amides is 2. The Bertz CT molecular complexity index is 955. The minimum atomic E-state index is -0.511. The van der Waals surface area contributed by atoms with Gasteiger partial charge >= 0.3 is 6.09 Å². The van der Waals surface area contributed by atoms with Gasteiger partial charge in [-0.25, -0.2) is 4.79 Å². The first-order valence-corrected chi connectivity index (χ1v) is 10.8. The van der Waals surface area contributed by atoms with Gasteiger partial charge in [-0.1, -0.05) is 0 Å². The highest BCUT2D eigenvalue weighted by Crippen LogP contribution is 2.32. The van der Waals surface area contributed by atoms with Crippen LogP contribution in [0.2, 0.25) is 0 Å². The average molecular weight is 444 g/mol. The number of carbonyl (C=O) groups excluding carboxylic acids is 2. The van der Waals surface area contributed by atoms with Crippen LogP contribution in [0.4, 0.5) is 10.5 Å². The molecule has 0 bridgehead atoms. The van der Waals surface area contributed by atoms with Gasteiger partial charge in [-0.05, 0) is 57.9 Å². The molecule has 174 valence electrons. The summed E-state index contributed by atoms with van der Waals surface area (Å²) in [5, 5.41) is 0. The monoisotopic (exact) mass is 443 g/mol. The smallest absolute Gasteiger partial charge is 0.410 e. The van der Waals surface area contributed by atoms with Crippen molar-refractivity contribution in [2.75, 3.05) is 39.3 Å². The van der Waals surface area contributed by atoms with Crippen LogP contribution in [0.25, 0.3) is 0 Å². The molecule has 1 aromatic heterocycles. The lowest BCUT2D eigenvalue weighted by Crippen LogP contribution is -2.42. The minimum absolute atomic E-state index is 0.114. The number of hydrogen-bond acceptors (Lipinski definition) is 5. The molecule has 1 saturated heterocycles. The lowest BCUT2D eigenvalue weighted by molar-refractivity contribution is 0.0187. The fraction of sp³-hybridized carbons (Fsp3) is 0.500. The van der Waals surface area contributed by atoms with E-state index >= 15 is 0 Å². The standard InChI is InChI=1S/C24H33N3O5/c1-24(2,3)32-23(29)26-14-11-17(12-15-26)27-13-7-8-19(27)22(28)25(4)18-9-10-20(30-5)21(16-18)31-6/h7-10,13,16-17H,11-12,14-15H2,1-6H3. The minimum Gasteiger partial charge on any atom is -0.493 e. The second-order valence-corrected chi connectivity index (χ2v) is 8.90. The van der Waals surface area contributed by atoms with E-state index in [-0.39, 0.29) is 18.0 Å². The predicted molar refractivity (Wildman–Crippen MR) is 123 cm³/mol. The summed E-state index contributed by atoms with van der Waals surface area (Å²) in [6, 6.07) is 9.25. The number of rotatable bonds is 5. The Labute approximate surface area is 189 Å². The Hall–Kier alpha value is -3.16. The van der Waals surface area contributed by atoms with E-state index in [0.29, 0.717) is 36.0 Å². The summed E-state index contributed by atoms with van der Waals surface area (Å²) in [6.07, 6.45) is 3.17. The summed E-state index contributed by atoms with van der Waals surface area (Å²) in [4.78, 5) is 29.0. The van der Waals surface area contributed by atoms with Crippen LogP contribution in [0.3, 0.4) is 0 Å². The molecule has 1 aliphatic heterocycles. The molecule has 0 N–H and O–H groups in total. The van der Waals surface area contributed by atoms with Crippen LogP contribution in [-0.4, -0.2) is 61.4 Å². The van der Waals surface area contributed by atoms with Crippen LogP contribution in [0.1, 0.15) is 50.1 Å². The van der Waals surface area contributed by atoms with E-state index in [1.54, 1.807) is 43.2 Å². The first kappa shape index (κ1) is 23.5. The molecule has 0 unspecified atom stereocenters. The molecule has 1 aromatic carbocycles. The lowest BCUT2D eigenvalue weighted by atomic mass is 10.0. The molecule has 8 heteroatoms. The van der Waals surface area contributed by atoms with Crippen LogP contribution < -0.4 is 14.4 Å². The van der Waals surface area contributed by atoms with Crippen molar-refractivity contribution in [2.24, 2.45) is 0 Å². The third-order valence-electron chi connectivity index (χ3n) is 5.57. The van der Waals surface area contributed by atoms with Crippen molar-refractivity contribution in [3.05, 3.63) is 42.2 Å². The Morgan fingerprint density at radius 1 is 1.03 bits per heavy atom. The molecule has 2 heterocycles. The molecule has 1 aliphatic rings. The largest absolute Gasteiger partial charge is 0.493 e. The number of nitrogens with zero attached hydrogens (tertiary/aromatic N) is 3. The van der Waals surface area contributed by atoms with Gasteiger partial charge in [0.1, 0.15) is 11.3 Å². The molecule has 2 aromatic rings. The summed E-state index contributed by atoms with van der Waals surface area (Å²) in [6.45, 7) is 6.78. The molecular weight excluding hydrogens is 410 g/mol. The highest BCUT2D eigenvalue weighted by Gasteiger charge is 2.29. The number of piperidine rings is 1. The third-order valence-corrected chi connectivity index (χ3v) is 5.57. The SMILES string of the molecule is COc1ccc(N(C)C(=O)c2cccn2C2CCN(C(=O)OC(C)(C)C)CC2)cc1OC. The Morgan fingerprint density at radius 2 is 1.69 bits per heavy atom. The Balaban J connectivity index is 1.70. The Morgan fingerprint density at radius 3 is 2.28 bits per heavy atom. The normalized spacial score (nSPS) is 14.8. The highest BCUT2D eigenvalue weighted by atomic mass is 16.6. The zero-order valence-corrected chi connectivity index (χ0v) is 19.8. The van der Waals surface area contributed by atoms with Gasteiger partial charge in [0, 0.05) is 44.1 Å². The number of hydrogen-bond donors (Lipinski definition) is 0. The molecule has 8 nitrogen and oxygen atoms in total. The molecular formula is C24H33N3O5. The maximum Gasteiger partial charge on any atom is 0.410 e. The first-order chi connectivity index (χ1) is 15.1. The number of anilines is 1. The topological polar surface area (TPSA) is 73.2 Å². The van der Waals surface area contributed by atoms with Crippen LogP contribution in [0, 0.1) is 0 Å². The second-order valence-electron chi connectivity index (χ2n) is 8.90. The van der Waals surface area contributed by atoms with Crippen molar-refractivity contribution in [2.45, 2.75) is 45.3 Å². The number of benzene rings is 1. The highest BCUT2D eigenvalue weighted by molar-refractivity contribution is 6.04. The van der Waals surface area contributed by atoms with Crippen LogP contribution in [0.15, 0.2) is 36.5 Å². The van der Waals surface area contributed by atoms with E-state index < -0.39 is 5.60 Å². The summed E-state index contributed by atoms with van der Waals surface area (Å²) >= 11 is 0. The lowest BCUT2D eigenvalue weighted by Gasteiger charge is -2.34. The summed E-state index contributed by atoms with van der Waals surface area (Å²) < 4.78 is 18.2. The van der Waals surface area contributed by atoms with Gasteiger partial charge in [-0.2, -0.15) is 0 Å². The van der Waals surface area contributed by atoms with Crippen molar-refractivity contribution < 1.29 is 23.8 Å². The molecule has 0 spiro atoms. The maximum absolute atomic E-state index is 13.3. The van der Waals surface area contributed by atoms with Crippen molar-refractivity contribution in [3.63, 3.8) is 0 Å². The van der Waals surface area contributed by atoms with Gasteiger partial charge in [0.15, 0.2) is 11.5 Å². The zero-order chi connectivity index (χ0) is 23.5. The summed E-state index contributed by atoms with van der Waals surface area (Å²) in [5.41, 5.74) is 0.806. The number of methoxy groups -OCH3 is 2. The molecule has 3 rings (SSSR count). The van der Waals surface area contributed by atoms with Crippen molar-refractivity contribution in [1.82, 2.24) is 9.47 Å². The van der Waals surface area contributed by atoms with Crippen LogP contribution >= 0.6 is 0 Å². The molecule has 2 amide bonds. The maximum atomic E-state index is 13.3. The molecule has 1 fully saturated rings. The van der Waals surface area contributed by atoms with Crippen LogP contribution in [0.5, 0.6) is 11.5 Å². The summed E-state index contributed by atoms with van der Waals surface area (Å²) in [7, 11) is 4.89. The zero-order valence-electron chi connectivity index (χ0n) is 19.8. The van der Waals surface area contributed by atoms with Gasteiger partial charge < -0.3 is 28.6 Å². The third kappa shape index (κ3) is 5.18. The fourth-order valence-corrected chi connectivity index (χ4v) is 3.87. The Kier molecular flexibility index (Phi) is 7.01. The molecule has 0 atom stereocenters. The van der Waals surface area contributed by atoms with Gasteiger partial charge in [-0.3, -0.25) is 4.79 Å². The van der Waals surface area contributed by atoms with E-state index in [1.807, 2.05) is 49.7 Å². The van der Waals surface area contributed by atoms with Gasteiger partial charge in [0.05, 0.1) is 14.2 Å². The predicted octanol–water partition coefficient (Wildman–Crippen LogP) is 4.35. The number of ether oxygens (including phenoxy) is 3.